The third-order valence-electron chi connectivity index (χ3n) is 6.04. The van der Waals surface area contributed by atoms with E-state index in [0.717, 1.165) is 32.3 Å². The predicted molar refractivity (Wildman–Crippen MR) is 133 cm³/mol. The number of carbonyl (C=O) groups excluding carboxylic acids is 1. The summed E-state index contributed by atoms with van der Waals surface area (Å²) >= 11 is 0. The zero-order chi connectivity index (χ0) is 26.0. The Bertz CT molecular complexity index is 744. The first kappa shape index (κ1) is 30.4. The Balaban J connectivity index is 2.59. The van der Waals surface area contributed by atoms with Crippen LogP contribution in [0.2, 0.25) is 18.1 Å². The maximum Gasteiger partial charge on any atom is 0.221 e. The Morgan fingerprint density at radius 1 is 1.26 bits per heavy atom. The third-order valence-corrected chi connectivity index (χ3v) is 10.6. The van der Waals surface area contributed by atoms with Crippen molar-refractivity contribution in [2.24, 2.45) is 5.11 Å². The lowest BCUT2D eigenvalue weighted by Gasteiger charge is -2.36. The van der Waals surface area contributed by atoms with E-state index in [1.165, 1.54) is 6.92 Å². The Kier molecular flexibility index (Phi) is 12.0. The topological polar surface area (TPSA) is 135 Å². The van der Waals surface area contributed by atoms with Crippen LogP contribution in [0.15, 0.2) is 16.6 Å². The fourth-order valence-corrected chi connectivity index (χ4v) is 4.29. The summed E-state index contributed by atoms with van der Waals surface area (Å²) in [5.41, 5.74) is 8.65. The van der Waals surface area contributed by atoms with Gasteiger partial charge in [0.15, 0.2) is 20.4 Å². The second-order valence-electron chi connectivity index (χ2n) is 10.6. The van der Waals surface area contributed by atoms with Crippen LogP contribution in [-0.4, -0.2) is 57.3 Å². The van der Waals surface area contributed by atoms with E-state index >= 15 is 0 Å². The largest absolute Gasteiger partial charge is 0.462 e. The SMILES string of the molecule is CC(=O)N/C(=C1\OC(C)(C)OC1CCN=[N+]=[N-])C(O)OCCCCCCO[Si](C)(C)C(C)(C)C. The van der Waals surface area contributed by atoms with Crippen molar-refractivity contribution < 1.29 is 28.5 Å². The molecule has 0 spiro atoms. The summed E-state index contributed by atoms with van der Waals surface area (Å²) in [5, 5.41) is 17.0. The molecule has 1 rings (SSSR count). The Hall–Kier alpha value is -1.62. The number of aliphatic hydroxyl groups excluding tert-OH is 1. The number of hydrogen-bond donors (Lipinski definition) is 2. The number of hydrogen-bond acceptors (Lipinski definition) is 7. The van der Waals surface area contributed by atoms with Crippen molar-refractivity contribution in [3.63, 3.8) is 0 Å². The molecule has 0 aromatic carbocycles. The molecule has 10 nitrogen and oxygen atoms in total. The predicted octanol–water partition coefficient (Wildman–Crippen LogP) is 5.10. The average molecular weight is 501 g/mol. The van der Waals surface area contributed by atoms with Gasteiger partial charge in [0.05, 0.1) is 6.61 Å². The molecule has 0 aliphatic carbocycles. The monoisotopic (exact) mass is 500 g/mol. The quantitative estimate of drug-likeness (QED) is 0.0850. The highest BCUT2D eigenvalue weighted by Gasteiger charge is 2.41. The first-order chi connectivity index (χ1) is 15.7. The molecule has 1 heterocycles. The van der Waals surface area contributed by atoms with Gasteiger partial charge in [0, 0.05) is 38.8 Å². The lowest BCUT2D eigenvalue weighted by atomic mass is 10.1. The summed E-state index contributed by atoms with van der Waals surface area (Å²) in [6, 6.07) is 0. The molecule has 2 N–H and O–H groups in total. The Morgan fingerprint density at radius 3 is 2.44 bits per heavy atom. The molecule has 196 valence electrons. The van der Waals surface area contributed by atoms with Crippen molar-refractivity contribution in [2.75, 3.05) is 19.8 Å². The Morgan fingerprint density at radius 2 is 1.88 bits per heavy atom. The summed E-state index contributed by atoms with van der Waals surface area (Å²) in [6.45, 7) is 17.3. The minimum Gasteiger partial charge on any atom is -0.462 e. The molecule has 2 unspecified atom stereocenters. The summed E-state index contributed by atoms with van der Waals surface area (Å²) < 4.78 is 23.5. The van der Waals surface area contributed by atoms with Gasteiger partial charge in [0.2, 0.25) is 11.7 Å². The first-order valence-electron chi connectivity index (χ1n) is 12.0. The smallest absolute Gasteiger partial charge is 0.221 e. The van der Waals surface area contributed by atoms with Gasteiger partial charge in [-0.05, 0) is 42.9 Å². The molecule has 1 aliphatic heterocycles. The lowest BCUT2D eigenvalue weighted by molar-refractivity contribution is -0.135. The van der Waals surface area contributed by atoms with Gasteiger partial charge in [0.1, 0.15) is 11.8 Å². The van der Waals surface area contributed by atoms with Gasteiger partial charge < -0.3 is 29.1 Å². The van der Waals surface area contributed by atoms with Crippen molar-refractivity contribution in [1.29, 1.82) is 0 Å². The van der Waals surface area contributed by atoms with Crippen molar-refractivity contribution in [2.45, 2.75) is 110 Å². The van der Waals surface area contributed by atoms with Crippen LogP contribution in [0, 0.1) is 0 Å². The standard InChI is InChI=1S/C23H44N4O6Si/c1-17(28)26-19(20-18(13-14-25-27-24)32-23(5,6)33-20)21(29)30-15-11-9-10-12-16-31-34(7,8)22(2,3)4/h18,21,29H,9-16H2,1-8H3,(H,26,28)/b20-19-. The van der Waals surface area contributed by atoms with Gasteiger partial charge in [-0.1, -0.05) is 38.7 Å². The number of amides is 1. The number of azide groups is 1. The fourth-order valence-electron chi connectivity index (χ4n) is 3.20. The number of ether oxygens (including phenoxy) is 3. The molecule has 1 fully saturated rings. The number of unbranched alkanes of at least 4 members (excludes halogenated alkanes) is 3. The van der Waals surface area contributed by atoms with E-state index in [4.69, 9.17) is 24.2 Å². The van der Waals surface area contributed by atoms with Gasteiger partial charge in [0.25, 0.3) is 0 Å². The maximum atomic E-state index is 11.8. The van der Waals surface area contributed by atoms with Crippen LogP contribution in [0.4, 0.5) is 0 Å². The van der Waals surface area contributed by atoms with Gasteiger partial charge in [-0.3, -0.25) is 4.79 Å². The number of nitrogens with one attached hydrogen (secondary N) is 1. The Labute approximate surface area is 205 Å². The molecule has 2 atom stereocenters. The highest BCUT2D eigenvalue weighted by molar-refractivity contribution is 6.74. The second kappa shape index (κ2) is 13.5. The zero-order valence-electron chi connectivity index (χ0n) is 22.1. The molecular formula is C23H44N4O6Si. The highest BCUT2D eigenvalue weighted by Crippen LogP contribution is 2.37. The van der Waals surface area contributed by atoms with Crippen molar-refractivity contribution in [3.8, 4) is 0 Å². The number of rotatable bonds is 14. The van der Waals surface area contributed by atoms with Crippen molar-refractivity contribution in [1.82, 2.24) is 5.32 Å². The van der Waals surface area contributed by atoms with Crippen LogP contribution in [0.25, 0.3) is 10.4 Å². The van der Waals surface area contributed by atoms with E-state index in [1.807, 2.05) is 0 Å². The number of aliphatic hydroxyl groups is 1. The van der Waals surface area contributed by atoms with E-state index < -0.39 is 26.5 Å². The summed E-state index contributed by atoms with van der Waals surface area (Å²) in [4.78, 5) is 14.5. The van der Waals surface area contributed by atoms with E-state index in [1.54, 1.807) is 13.8 Å². The van der Waals surface area contributed by atoms with Crippen LogP contribution in [-0.2, 0) is 23.4 Å². The minimum atomic E-state index is -1.70. The van der Waals surface area contributed by atoms with Crippen molar-refractivity contribution >= 4 is 14.2 Å². The van der Waals surface area contributed by atoms with E-state index in [2.05, 4.69) is 49.2 Å². The molecule has 0 aromatic rings. The van der Waals surface area contributed by atoms with Gasteiger partial charge in [-0.25, -0.2) is 0 Å². The van der Waals surface area contributed by atoms with Gasteiger partial charge in [-0.2, -0.15) is 0 Å². The molecule has 1 saturated heterocycles. The molecule has 0 aromatic heterocycles. The highest BCUT2D eigenvalue weighted by atomic mass is 28.4. The second-order valence-corrected chi connectivity index (χ2v) is 15.4. The van der Waals surface area contributed by atoms with Crippen LogP contribution in [0.1, 0.15) is 73.6 Å². The van der Waals surface area contributed by atoms with Crippen LogP contribution >= 0.6 is 0 Å². The number of carbonyl (C=O) groups is 1. The normalized spacial score (nSPS) is 20.3. The fraction of sp³-hybridized carbons (Fsp3) is 0.870. The van der Waals surface area contributed by atoms with E-state index in [0.29, 0.717) is 13.0 Å². The molecule has 34 heavy (non-hydrogen) atoms. The zero-order valence-corrected chi connectivity index (χ0v) is 23.1. The van der Waals surface area contributed by atoms with Crippen LogP contribution < -0.4 is 5.32 Å². The van der Waals surface area contributed by atoms with Gasteiger partial charge in [-0.15, -0.1) is 0 Å². The average Bonchev–Trinajstić information content (AvgIpc) is 3.01. The maximum absolute atomic E-state index is 11.8. The van der Waals surface area contributed by atoms with Gasteiger partial charge >= 0.3 is 0 Å². The van der Waals surface area contributed by atoms with E-state index in [9.17, 15) is 9.90 Å². The molecule has 0 radical (unpaired) electrons. The minimum absolute atomic E-state index is 0.117. The third kappa shape index (κ3) is 10.3. The van der Waals surface area contributed by atoms with Crippen LogP contribution in [0.3, 0.4) is 0 Å². The summed E-state index contributed by atoms with van der Waals surface area (Å²) in [6.07, 6.45) is 2.10. The first-order valence-corrected chi connectivity index (χ1v) is 14.9. The van der Waals surface area contributed by atoms with E-state index in [-0.39, 0.29) is 28.9 Å². The molecular weight excluding hydrogens is 456 g/mol. The molecule has 1 aliphatic rings. The summed E-state index contributed by atoms with van der Waals surface area (Å²) in [5.74, 6) is -1.04. The summed E-state index contributed by atoms with van der Waals surface area (Å²) in [7, 11) is -1.70. The molecule has 0 bridgehead atoms. The number of nitrogens with zero attached hydrogens (tertiary/aromatic N) is 3. The van der Waals surface area contributed by atoms with Crippen LogP contribution in [0.5, 0.6) is 0 Å². The molecule has 11 heteroatoms. The lowest BCUT2D eigenvalue weighted by Crippen LogP contribution is -2.40. The molecule has 0 saturated carbocycles. The van der Waals surface area contributed by atoms with Crippen molar-refractivity contribution in [3.05, 3.63) is 21.9 Å². The molecule has 1 amide bonds.